The maximum atomic E-state index is 8.78. The first-order chi connectivity index (χ1) is 8.72. The zero-order chi connectivity index (χ0) is 13.0. The zero-order valence-corrected chi connectivity index (χ0v) is 11.1. The number of nitrogens with two attached hydrogens (primary N) is 1. The first-order valence-corrected chi connectivity index (χ1v) is 6.19. The van der Waals surface area contributed by atoms with E-state index in [4.69, 9.17) is 15.7 Å². The predicted molar refractivity (Wildman–Crippen MR) is 73.3 cm³/mol. The van der Waals surface area contributed by atoms with Crippen LogP contribution in [0.4, 0.5) is 0 Å². The molecule has 2 aromatic carbocycles. The number of halogens is 1. The summed E-state index contributed by atoms with van der Waals surface area (Å²) in [7, 11) is 0. The molecule has 0 aliphatic heterocycles. The highest BCUT2D eigenvalue weighted by Gasteiger charge is 2.04. The smallest absolute Gasteiger partial charge is 0.141 e. The summed E-state index contributed by atoms with van der Waals surface area (Å²) in [5, 5.41) is 8.78. The van der Waals surface area contributed by atoms with Crippen molar-refractivity contribution in [2.75, 3.05) is 0 Å². The van der Waals surface area contributed by atoms with E-state index in [0.717, 1.165) is 15.8 Å². The fraction of sp³-hybridized carbons (Fsp3) is 0.0714. The quantitative estimate of drug-likeness (QED) is 0.943. The fourth-order valence-corrected chi connectivity index (χ4v) is 1.93. The molecule has 0 aliphatic carbocycles. The second-order valence-electron chi connectivity index (χ2n) is 3.71. The van der Waals surface area contributed by atoms with E-state index in [1.165, 1.54) is 0 Å². The van der Waals surface area contributed by atoms with Gasteiger partial charge in [-0.1, -0.05) is 12.1 Å². The van der Waals surface area contributed by atoms with Gasteiger partial charge in [0.15, 0.2) is 0 Å². The third-order valence-corrected chi connectivity index (χ3v) is 3.07. The van der Waals surface area contributed by atoms with Crippen LogP contribution in [0.25, 0.3) is 0 Å². The van der Waals surface area contributed by atoms with Crippen LogP contribution in [0, 0.1) is 11.3 Å². The van der Waals surface area contributed by atoms with Crippen molar-refractivity contribution in [1.82, 2.24) is 0 Å². The summed E-state index contributed by atoms with van der Waals surface area (Å²) in [6, 6.07) is 14.9. The van der Waals surface area contributed by atoms with Gasteiger partial charge in [0.25, 0.3) is 0 Å². The van der Waals surface area contributed by atoms with Gasteiger partial charge in [0.1, 0.15) is 11.5 Å². The Morgan fingerprint density at radius 2 is 1.89 bits per heavy atom. The van der Waals surface area contributed by atoms with Crippen molar-refractivity contribution in [2.45, 2.75) is 6.54 Å². The van der Waals surface area contributed by atoms with Gasteiger partial charge in [0.05, 0.1) is 16.1 Å². The SMILES string of the molecule is N#Cc1ccc(Oc2ccc(CN)cc2)c(Br)c1. The van der Waals surface area contributed by atoms with Gasteiger partial charge in [-0.25, -0.2) is 0 Å². The van der Waals surface area contributed by atoms with Crippen molar-refractivity contribution >= 4 is 15.9 Å². The van der Waals surface area contributed by atoms with Crippen LogP contribution in [-0.4, -0.2) is 0 Å². The van der Waals surface area contributed by atoms with Crippen LogP contribution in [-0.2, 0) is 6.54 Å². The Kier molecular flexibility index (Phi) is 3.98. The van der Waals surface area contributed by atoms with Gasteiger partial charge in [-0.15, -0.1) is 0 Å². The monoisotopic (exact) mass is 302 g/mol. The summed E-state index contributed by atoms with van der Waals surface area (Å²) in [4.78, 5) is 0. The molecule has 0 aliphatic rings. The Morgan fingerprint density at radius 1 is 1.17 bits per heavy atom. The topological polar surface area (TPSA) is 59.0 Å². The second kappa shape index (κ2) is 5.67. The van der Waals surface area contributed by atoms with E-state index in [0.29, 0.717) is 17.9 Å². The molecule has 0 saturated carbocycles. The van der Waals surface area contributed by atoms with Crippen LogP contribution < -0.4 is 10.5 Å². The normalized spacial score (nSPS) is 9.83. The Hall–Kier alpha value is -1.83. The van der Waals surface area contributed by atoms with E-state index >= 15 is 0 Å². The van der Waals surface area contributed by atoms with Crippen molar-refractivity contribution < 1.29 is 4.74 Å². The molecule has 0 atom stereocenters. The molecule has 18 heavy (non-hydrogen) atoms. The molecule has 0 radical (unpaired) electrons. The molecular formula is C14H11BrN2O. The number of ether oxygens (including phenoxy) is 1. The second-order valence-corrected chi connectivity index (χ2v) is 4.56. The first kappa shape index (κ1) is 12.6. The molecule has 0 spiro atoms. The van der Waals surface area contributed by atoms with Gasteiger partial charge in [-0.05, 0) is 51.8 Å². The minimum absolute atomic E-state index is 0.515. The lowest BCUT2D eigenvalue weighted by atomic mass is 10.2. The highest BCUT2D eigenvalue weighted by atomic mass is 79.9. The number of nitriles is 1. The standard InChI is InChI=1S/C14H11BrN2O/c15-13-7-11(9-17)3-6-14(13)18-12-4-1-10(8-16)2-5-12/h1-7H,8,16H2. The van der Waals surface area contributed by atoms with E-state index in [9.17, 15) is 0 Å². The molecule has 90 valence electrons. The molecule has 3 nitrogen and oxygen atoms in total. The lowest BCUT2D eigenvalue weighted by Crippen LogP contribution is -1.95. The number of benzene rings is 2. The summed E-state index contributed by atoms with van der Waals surface area (Å²) >= 11 is 3.38. The maximum Gasteiger partial charge on any atom is 0.141 e. The lowest BCUT2D eigenvalue weighted by molar-refractivity contribution is 0.479. The van der Waals surface area contributed by atoms with E-state index in [2.05, 4.69) is 22.0 Å². The summed E-state index contributed by atoms with van der Waals surface area (Å²) in [6.45, 7) is 0.515. The summed E-state index contributed by atoms with van der Waals surface area (Å²) in [6.07, 6.45) is 0. The highest BCUT2D eigenvalue weighted by molar-refractivity contribution is 9.10. The van der Waals surface area contributed by atoms with Crippen LogP contribution in [0.5, 0.6) is 11.5 Å². The number of rotatable bonds is 3. The van der Waals surface area contributed by atoms with Gasteiger partial charge in [-0.3, -0.25) is 0 Å². The molecule has 0 aromatic heterocycles. The third kappa shape index (κ3) is 2.89. The van der Waals surface area contributed by atoms with Crippen molar-refractivity contribution in [3.63, 3.8) is 0 Å². The Bertz CT molecular complexity index is 588. The molecule has 0 saturated heterocycles. The molecule has 0 amide bonds. The van der Waals surface area contributed by atoms with Gasteiger partial charge >= 0.3 is 0 Å². The summed E-state index contributed by atoms with van der Waals surface area (Å²) < 4.78 is 6.47. The molecule has 0 bridgehead atoms. The predicted octanol–water partition coefficient (Wildman–Crippen LogP) is 3.57. The van der Waals surface area contributed by atoms with E-state index < -0.39 is 0 Å². The average molecular weight is 303 g/mol. The van der Waals surface area contributed by atoms with Crippen LogP contribution >= 0.6 is 15.9 Å². The molecular weight excluding hydrogens is 292 g/mol. The van der Waals surface area contributed by atoms with Crippen LogP contribution in [0.15, 0.2) is 46.9 Å². The van der Waals surface area contributed by atoms with E-state index in [1.807, 2.05) is 24.3 Å². The Morgan fingerprint density at radius 3 is 2.44 bits per heavy atom. The van der Waals surface area contributed by atoms with Gasteiger partial charge in [0, 0.05) is 6.54 Å². The summed E-state index contributed by atoms with van der Waals surface area (Å²) in [5.41, 5.74) is 7.18. The first-order valence-electron chi connectivity index (χ1n) is 5.39. The zero-order valence-electron chi connectivity index (χ0n) is 9.56. The minimum Gasteiger partial charge on any atom is -0.456 e. The highest BCUT2D eigenvalue weighted by Crippen LogP contribution is 2.30. The minimum atomic E-state index is 0.515. The Labute approximate surface area is 114 Å². The van der Waals surface area contributed by atoms with Gasteiger partial charge in [0.2, 0.25) is 0 Å². The molecule has 2 aromatic rings. The van der Waals surface area contributed by atoms with Gasteiger partial charge < -0.3 is 10.5 Å². The van der Waals surface area contributed by atoms with E-state index in [1.54, 1.807) is 18.2 Å². The van der Waals surface area contributed by atoms with Gasteiger partial charge in [-0.2, -0.15) is 5.26 Å². The molecule has 4 heteroatoms. The fourth-order valence-electron chi connectivity index (χ4n) is 1.47. The molecule has 2 rings (SSSR count). The summed E-state index contributed by atoms with van der Waals surface area (Å²) in [5.74, 6) is 1.41. The van der Waals surface area contributed by atoms with Crippen molar-refractivity contribution in [3.05, 3.63) is 58.1 Å². The Balaban J connectivity index is 2.20. The van der Waals surface area contributed by atoms with Crippen LogP contribution in [0.3, 0.4) is 0 Å². The lowest BCUT2D eigenvalue weighted by Gasteiger charge is -2.08. The largest absolute Gasteiger partial charge is 0.456 e. The molecule has 0 fully saturated rings. The number of hydrogen-bond donors (Lipinski definition) is 1. The van der Waals surface area contributed by atoms with E-state index in [-0.39, 0.29) is 0 Å². The van der Waals surface area contributed by atoms with Crippen LogP contribution in [0.1, 0.15) is 11.1 Å². The molecule has 0 heterocycles. The molecule has 0 unspecified atom stereocenters. The molecule has 2 N–H and O–H groups in total. The van der Waals surface area contributed by atoms with Crippen molar-refractivity contribution in [1.29, 1.82) is 5.26 Å². The van der Waals surface area contributed by atoms with Crippen LogP contribution in [0.2, 0.25) is 0 Å². The third-order valence-electron chi connectivity index (χ3n) is 2.45. The maximum absolute atomic E-state index is 8.78. The van der Waals surface area contributed by atoms with Crippen molar-refractivity contribution in [3.8, 4) is 17.6 Å². The average Bonchev–Trinajstić information content (AvgIpc) is 2.42. The number of nitrogens with zero attached hydrogens (tertiary/aromatic N) is 1. The van der Waals surface area contributed by atoms with Crippen molar-refractivity contribution in [2.24, 2.45) is 5.73 Å². The number of hydrogen-bond acceptors (Lipinski definition) is 3.